The van der Waals surface area contributed by atoms with Crippen molar-refractivity contribution in [1.29, 1.82) is 0 Å². The Hall–Kier alpha value is -3.54. The Morgan fingerprint density at radius 1 is 1.00 bits per heavy atom. The lowest BCUT2D eigenvalue weighted by Gasteiger charge is -2.19. The van der Waals surface area contributed by atoms with Crippen molar-refractivity contribution in [3.05, 3.63) is 77.2 Å². The summed E-state index contributed by atoms with van der Waals surface area (Å²) in [6.07, 6.45) is 3.80. The fraction of sp³-hybridized carbons (Fsp3) is 0.250. The van der Waals surface area contributed by atoms with E-state index >= 15 is 0 Å². The van der Waals surface area contributed by atoms with Crippen LogP contribution in [0.3, 0.4) is 0 Å². The smallest absolute Gasteiger partial charge is 0.253 e. The third-order valence-electron chi connectivity index (χ3n) is 4.98. The second kappa shape index (κ2) is 9.31. The summed E-state index contributed by atoms with van der Waals surface area (Å²) in [4.78, 5) is 34.7. The molecule has 6 heteroatoms. The number of nitrogens with zero attached hydrogens (tertiary/aromatic N) is 3. The van der Waals surface area contributed by atoms with E-state index in [1.165, 1.54) is 0 Å². The van der Waals surface area contributed by atoms with E-state index in [9.17, 15) is 9.59 Å². The zero-order chi connectivity index (χ0) is 21.7. The van der Waals surface area contributed by atoms with Gasteiger partial charge in [0.2, 0.25) is 5.91 Å². The van der Waals surface area contributed by atoms with Crippen LogP contribution in [0, 0.1) is 13.8 Å². The zero-order valence-corrected chi connectivity index (χ0v) is 17.8. The van der Waals surface area contributed by atoms with Crippen molar-refractivity contribution in [2.75, 3.05) is 11.9 Å². The molecular formula is C24H26N4O2. The average molecular weight is 402 g/mol. The second-order valence-electron chi connectivity index (χ2n) is 7.23. The number of aromatic nitrogens is 2. The number of pyridine rings is 2. The molecule has 154 valence electrons. The minimum absolute atomic E-state index is 0.0701. The maximum atomic E-state index is 12.4. The molecular weight excluding hydrogens is 376 g/mol. The molecule has 0 bridgehead atoms. The molecule has 2 amide bonds. The van der Waals surface area contributed by atoms with Crippen LogP contribution in [-0.4, -0.2) is 28.8 Å². The summed E-state index contributed by atoms with van der Waals surface area (Å²) in [7, 11) is 1.78. The Bertz CT molecular complexity index is 1040. The van der Waals surface area contributed by atoms with Crippen molar-refractivity contribution < 1.29 is 9.59 Å². The summed E-state index contributed by atoms with van der Waals surface area (Å²) in [6, 6.07) is 13.3. The van der Waals surface area contributed by atoms with E-state index in [2.05, 4.69) is 15.3 Å². The number of anilines is 1. The summed E-state index contributed by atoms with van der Waals surface area (Å²) in [5, 5.41) is 2.88. The van der Waals surface area contributed by atoms with E-state index in [1.54, 1.807) is 30.4 Å². The van der Waals surface area contributed by atoms with Gasteiger partial charge in [0.05, 0.1) is 11.3 Å². The number of aryl methyl sites for hydroxylation is 2. The molecule has 1 aromatic carbocycles. The van der Waals surface area contributed by atoms with E-state index < -0.39 is 0 Å². The van der Waals surface area contributed by atoms with Gasteiger partial charge in [-0.1, -0.05) is 19.1 Å². The highest BCUT2D eigenvalue weighted by Crippen LogP contribution is 2.26. The number of hydrogen-bond donors (Lipinski definition) is 1. The number of nitrogens with one attached hydrogen (secondary N) is 1. The molecule has 1 N–H and O–H groups in total. The molecule has 3 rings (SSSR count). The van der Waals surface area contributed by atoms with Crippen LogP contribution in [0.15, 0.2) is 54.9 Å². The number of hydrogen-bond acceptors (Lipinski definition) is 4. The molecule has 0 unspecified atom stereocenters. The van der Waals surface area contributed by atoms with Crippen LogP contribution in [0.1, 0.15) is 40.5 Å². The summed E-state index contributed by atoms with van der Waals surface area (Å²) in [5.74, 6) is -0.110. The molecule has 0 radical (unpaired) electrons. The van der Waals surface area contributed by atoms with E-state index in [4.69, 9.17) is 0 Å². The molecule has 0 fully saturated rings. The van der Waals surface area contributed by atoms with Crippen LogP contribution in [0.25, 0.3) is 11.3 Å². The Morgan fingerprint density at radius 2 is 1.80 bits per heavy atom. The fourth-order valence-corrected chi connectivity index (χ4v) is 3.15. The maximum Gasteiger partial charge on any atom is 0.253 e. The molecule has 0 atom stereocenters. The first-order chi connectivity index (χ1) is 14.4. The van der Waals surface area contributed by atoms with Gasteiger partial charge in [-0.3, -0.25) is 19.6 Å². The lowest BCUT2D eigenvalue weighted by molar-refractivity contribution is -0.118. The zero-order valence-electron chi connectivity index (χ0n) is 17.8. The Kier molecular flexibility index (Phi) is 6.57. The van der Waals surface area contributed by atoms with Gasteiger partial charge in [0, 0.05) is 49.4 Å². The van der Waals surface area contributed by atoms with Gasteiger partial charge in [-0.2, -0.15) is 0 Å². The largest absolute Gasteiger partial charge is 0.348 e. The normalized spacial score (nSPS) is 10.5. The number of rotatable bonds is 6. The van der Waals surface area contributed by atoms with E-state index in [1.807, 2.05) is 57.2 Å². The van der Waals surface area contributed by atoms with E-state index in [-0.39, 0.29) is 11.8 Å². The topological polar surface area (TPSA) is 75.2 Å². The molecule has 2 heterocycles. The second-order valence-corrected chi connectivity index (χ2v) is 7.23. The van der Waals surface area contributed by atoms with Gasteiger partial charge in [0.15, 0.2) is 0 Å². The fourth-order valence-electron chi connectivity index (χ4n) is 3.15. The first kappa shape index (κ1) is 21.2. The Balaban J connectivity index is 1.69. The van der Waals surface area contributed by atoms with Gasteiger partial charge >= 0.3 is 0 Å². The average Bonchev–Trinajstić information content (AvgIpc) is 2.77. The van der Waals surface area contributed by atoms with Crippen molar-refractivity contribution in [1.82, 2.24) is 15.3 Å². The Morgan fingerprint density at radius 3 is 2.40 bits per heavy atom. The molecule has 2 aromatic heterocycles. The maximum absolute atomic E-state index is 12.4. The third-order valence-corrected chi connectivity index (χ3v) is 4.98. The van der Waals surface area contributed by atoms with E-state index in [0.29, 0.717) is 18.5 Å². The third kappa shape index (κ3) is 4.89. The summed E-state index contributed by atoms with van der Waals surface area (Å²) in [6.45, 7) is 6.16. The molecule has 6 nitrogen and oxygen atoms in total. The van der Waals surface area contributed by atoms with Gasteiger partial charge in [-0.25, -0.2) is 0 Å². The van der Waals surface area contributed by atoms with Crippen molar-refractivity contribution in [2.45, 2.75) is 33.7 Å². The SMILES string of the molecule is CCC(=O)N(C)c1ccc(-c2ccc(C(=O)NCc3ccc(C)nc3)cn2)cc1C. The molecule has 3 aromatic rings. The molecule has 0 saturated heterocycles. The standard InChI is InChI=1S/C24H26N4O2/c1-5-23(29)28(4)22-11-9-19(12-16(22)2)21-10-8-20(15-26-21)24(30)27-14-18-7-6-17(3)25-13-18/h6-13,15H,5,14H2,1-4H3,(H,27,30). The van der Waals surface area contributed by atoms with Crippen LogP contribution in [0.4, 0.5) is 5.69 Å². The predicted molar refractivity (Wildman–Crippen MR) is 118 cm³/mol. The molecule has 30 heavy (non-hydrogen) atoms. The van der Waals surface area contributed by atoms with Crippen LogP contribution >= 0.6 is 0 Å². The molecule has 0 aliphatic carbocycles. The van der Waals surface area contributed by atoms with Gasteiger partial charge in [-0.05, 0) is 55.3 Å². The number of amides is 2. The van der Waals surface area contributed by atoms with Crippen LogP contribution in [-0.2, 0) is 11.3 Å². The predicted octanol–water partition coefficient (Wildman–Crippen LogP) is 4.06. The summed E-state index contributed by atoms with van der Waals surface area (Å²) < 4.78 is 0. The summed E-state index contributed by atoms with van der Waals surface area (Å²) >= 11 is 0. The highest BCUT2D eigenvalue weighted by Gasteiger charge is 2.13. The lowest BCUT2D eigenvalue weighted by atomic mass is 10.0. The van der Waals surface area contributed by atoms with Crippen molar-refractivity contribution in [2.24, 2.45) is 0 Å². The van der Waals surface area contributed by atoms with Crippen LogP contribution in [0.5, 0.6) is 0 Å². The highest BCUT2D eigenvalue weighted by atomic mass is 16.2. The number of carbonyl (C=O) groups is 2. The molecule has 0 aliphatic heterocycles. The minimum atomic E-state index is -0.180. The van der Waals surface area contributed by atoms with Crippen LogP contribution < -0.4 is 10.2 Å². The Labute approximate surface area is 177 Å². The van der Waals surface area contributed by atoms with Gasteiger partial charge in [0.1, 0.15) is 0 Å². The van der Waals surface area contributed by atoms with Gasteiger partial charge in [0.25, 0.3) is 5.91 Å². The van der Waals surface area contributed by atoms with E-state index in [0.717, 1.165) is 33.8 Å². The van der Waals surface area contributed by atoms with Gasteiger partial charge in [-0.15, -0.1) is 0 Å². The molecule has 0 aliphatic rings. The first-order valence-corrected chi connectivity index (χ1v) is 9.92. The number of benzene rings is 1. The summed E-state index contributed by atoms with van der Waals surface area (Å²) in [5.41, 5.74) is 5.97. The van der Waals surface area contributed by atoms with Crippen molar-refractivity contribution in [3.63, 3.8) is 0 Å². The monoisotopic (exact) mass is 402 g/mol. The number of carbonyl (C=O) groups excluding carboxylic acids is 2. The van der Waals surface area contributed by atoms with Gasteiger partial charge < -0.3 is 10.2 Å². The quantitative estimate of drug-likeness (QED) is 0.675. The highest BCUT2D eigenvalue weighted by molar-refractivity contribution is 5.94. The van der Waals surface area contributed by atoms with Crippen molar-refractivity contribution in [3.8, 4) is 11.3 Å². The molecule has 0 saturated carbocycles. The minimum Gasteiger partial charge on any atom is -0.348 e. The van der Waals surface area contributed by atoms with Crippen LogP contribution in [0.2, 0.25) is 0 Å². The first-order valence-electron chi connectivity index (χ1n) is 9.92. The lowest BCUT2D eigenvalue weighted by Crippen LogP contribution is -2.25. The van der Waals surface area contributed by atoms with Crippen molar-refractivity contribution >= 4 is 17.5 Å². The molecule has 0 spiro atoms.